The second-order valence-electron chi connectivity index (χ2n) is 7.48. The Morgan fingerprint density at radius 1 is 0.912 bits per heavy atom. The fourth-order valence-corrected chi connectivity index (χ4v) is 3.86. The Kier molecular flexibility index (Phi) is 7.17. The van der Waals surface area contributed by atoms with Crippen molar-refractivity contribution in [2.24, 2.45) is 5.14 Å². The van der Waals surface area contributed by atoms with Gasteiger partial charge in [0, 0.05) is 17.5 Å². The Bertz CT molecular complexity index is 1340. The number of hydrogen-bond acceptors (Lipinski definition) is 6. The maximum atomic E-state index is 11.6. The third kappa shape index (κ3) is 5.76. The first-order chi connectivity index (χ1) is 16.4. The van der Waals surface area contributed by atoms with Crippen molar-refractivity contribution < 1.29 is 22.5 Å². The largest absolute Gasteiger partial charge is 0.440 e. The van der Waals surface area contributed by atoms with Crippen LogP contribution in [0.2, 0.25) is 0 Å². The first kappa shape index (κ1) is 23.4. The molecule has 0 saturated carbocycles. The molecule has 0 aliphatic carbocycles. The summed E-state index contributed by atoms with van der Waals surface area (Å²) < 4.78 is 29.2. The van der Waals surface area contributed by atoms with Gasteiger partial charge >= 0.3 is 0 Å². The van der Waals surface area contributed by atoms with Crippen LogP contribution in [0.25, 0.3) is 22.6 Å². The van der Waals surface area contributed by atoms with Crippen LogP contribution in [0.15, 0.2) is 94.2 Å². The van der Waals surface area contributed by atoms with Crippen LogP contribution in [0.5, 0.6) is 0 Å². The summed E-state index contributed by atoms with van der Waals surface area (Å²) in [5.41, 5.74) is 3.05. The molecule has 0 aliphatic heterocycles. The average molecular weight is 478 g/mol. The number of carbonyl (C=O) groups excluding carboxylic acids is 1. The van der Waals surface area contributed by atoms with Gasteiger partial charge in [-0.25, -0.2) is 23.6 Å². The molecule has 34 heavy (non-hydrogen) atoms. The number of nitrogens with zero attached hydrogens (tertiary/aromatic N) is 2. The lowest BCUT2D eigenvalue weighted by molar-refractivity contribution is -0.177. The zero-order valence-corrected chi connectivity index (χ0v) is 19.0. The van der Waals surface area contributed by atoms with E-state index >= 15 is 0 Å². The fourth-order valence-electron chi connectivity index (χ4n) is 3.34. The van der Waals surface area contributed by atoms with Crippen LogP contribution in [-0.4, -0.2) is 31.4 Å². The predicted molar refractivity (Wildman–Crippen MR) is 126 cm³/mol. The van der Waals surface area contributed by atoms with E-state index in [2.05, 4.69) is 4.98 Å². The van der Waals surface area contributed by atoms with E-state index in [9.17, 15) is 13.2 Å². The van der Waals surface area contributed by atoms with E-state index in [1.165, 1.54) is 17.2 Å². The minimum absolute atomic E-state index is 0.00874. The van der Waals surface area contributed by atoms with E-state index in [1.54, 1.807) is 12.1 Å². The smallest absolute Gasteiger partial charge is 0.238 e. The molecule has 0 fully saturated rings. The van der Waals surface area contributed by atoms with Crippen LogP contribution in [0.4, 0.5) is 0 Å². The summed E-state index contributed by atoms with van der Waals surface area (Å²) in [5.74, 6) is 0.907. The summed E-state index contributed by atoms with van der Waals surface area (Å²) in [7, 11) is -3.80. The summed E-state index contributed by atoms with van der Waals surface area (Å²) in [6, 6.07) is 25.1. The minimum atomic E-state index is -3.80. The summed E-state index contributed by atoms with van der Waals surface area (Å²) in [6.07, 6.45) is 0.944. The zero-order chi connectivity index (χ0) is 24.0. The lowest BCUT2D eigenvalue weighted by atomic mass is 10.1. The quantitative estimate of drug-likeness (QED) is 0.274. The molecule has 0 bridgehead atoms. The number of benzene rings is 3. The van der Waals surface area contributed by atoms with Gasteiger partial charge in [0.1, 0.15) is 12.3 Å². The molecule has 3 aromatic carbocycles. The maximum Gasteiger partial charge on any atom is 0.238 e. The molecule has 8 nitrogen and oxygen atoms in total. The van der Waals surface area contributed by atoms with Crippen LogP contribution in [0, 0.1) is 0 Å². The number of carbonyl (C=O) groups is 1. The molecule has 4 rings (SSSR count). The Morgan fingerprint density at radius 2 is 1.56 bits per heavy atom. The van der Waals surface area contributed by atoms with Crippen molar-refractivity contribution in [3.63, 3.8) is 0 Å². The number of sulfonamides is 1. The first-order valence-electron chi connectivity index (χ1n) is 10.5. The van der Waals surface area contributed by atoms with Crippen molar-refractivity contribution >= 4 is 16.4 Å². The van der Waals surface area contributed by atoms with Crippen molar-refractivity contribution in [3.05, 3.63) is 96.4 Å². The molecule has 0 unspecified atom stereocenters. The summed E-state index contributed by atoms with van der Waals surface area (Å²) >= 11 is 0. The average Bonchev–Trinajstić information content (AvgIpc) is 3.29. The maximum absolute atomic E-state index is 11.6. The molecule has 1 amide bonds. The fraction of sp³-hybridized carbons (Fsp3) is 0.120. The van der Waals surface area contributed by atoms with E-state index in [4.69, 9.17) is 14.4 Å². The first-order valence-corrected chi connectivity index (χ1v) is 12.1. The highest BCUT2D eigenvalue weighted by Crippen LogP contribution is 2.33. The molecule has 0 radical (unpaired) electrons. The highest BCUT2D eigenvalue weighted by atomic mass is 32.2. The van der Waals surface area contributed by atoms with Gasteiger partial charge in [-0.05, 0) is 29.8 Å². The van der Waals surface area contributed by atoms with Gasteiger partial charge in [-0.3, -0.25) is 9.63 Å². The van der Waals surface area contributed by atoms with Gasteiger partial charge in [-0.1, -0.05) is 60.7 Å². The molecule has 0 aliphatic rings. The number of hydrogen-bond donors (Lipinski definition) is 1. The number of hydroxylamine groups is 2. The van der Waals surface area contributed by atoms with E-state index < -0.39 is 10.0 Å². The molecule has 0 spiro atoms. The van der Waals surface area contributed by atoms with E-state index in [0.717, 1.165) is 11.1 Å². The molecule has 2 N–H and O–H groups in total. The van der Waals surface area contributed by atoms with Crippen LogP contribution < -0.4 is 5.14 Å². The van der Waals surface area contributed by atoms with Crippen molar-refractivity contribution in [1.82, 2.24) is 10.0 Å². The van der Waals surface area contributed by atoms with Crippen molar-refractivity contribution in [2.75, 3.05) is 6.54 Å². The SMILES string of the molecule is NS(=O)(=O)c1ccc(-c2oc(CCN(C=O)OCc3ccccc3)nc2-c2ccccc2)cc1. The van der Waals surface area contributed by atoms with Crippen molar-refractivity contribution in [3.8, 4) is 22.6 Å². The van der Waals surface area contributed by atoms with E-state index in [-0.39, 0.29) is 18.0 Å². The normalized spacial score (nSPS) is 11.3. The van der Waals surface area contributed by atoms with Crippen LogP contribution >= 0.6 is 0 Å². The molecule has 1 aromatic heterocycles. The van der Waals surface area contributed by atoms with Gasteiger partial charge in [-0.2, -0.15) is 0 Å². The standard InChI is InChI=1S/C25H23N3O5S/c26-34(30,31)22-13-11-21(12-14-22)25-24(20-9-5-2-6-10-20)27-23(33-25)15-16-28(18-29)32-17-19-7-3-1-4-8-19/h1-14,18H,15-17H2,(H2,26,30,31). The van der Waals surface area contributed by atoms with Gasteiger partial charge in [0.2, 0.25) is 16.4 Å². The van der Waals surface area contributed by atoms with Crippen molar-refractivity contribution in [1.29, 1.82) is 0 Å². The zero-order valence-electron chi connectivity index (χ0n) is 18.2. The molecular formula is C25H23N3O5S. The van der Waals surface area contributed by atoms with Crippen LogP contribution in [0.1, 0.15) is 11.5 Å². The molecule has 0 atom stereocenters. The molecule has 0 saturated heterocycles. The summed E-state index contributed by atoms with van der Waals surface area (Å²) in [5, 5.41) is 6.41. The number of nitrogens with two attached hydrogens (primary N) is 1. The molecule has 174 valence electrons. The lowest BCUT2D eigenvalue weighted by Gasteiger charge is -2.15. The van der Waals surface area contributed by atoms with Crippen LogP contribution in [-0.2, 0) is 32.7 Å². The van der Waals surface area contributed by atoms with E-state index in [0.29, 0.717) is 35.7 Å². The number of primary sulfonamides is 1. The number of amides is 1. The van der Waals surface area contributed by atoms with Crippen LogP contribution in [0.3, 0.4) is 0 Å². The third-order valence-electron chi connectivity index (χ3n) is 5.07. The molecule has 1 heterocycles. The summed E-state index contributed by atoms with van der Waals surface area (Å²) in [6.45, 7) is 0.511. The van der Waals surface area contributed by atoms with Gasteiger partial charge in [0.25, 0.3) is 0 Å². The molecule has 4 aromatic rings. The lowest BCUT2D eigenvalue weighted by Crippen LogP contribution is -2.24. The Balaban J connectivity index is 1.55. The molecular weight excluding hydrogens is 454 g/mol. The topological polar surface area (TPSA) is 116 Å². The van der Waals surface area contributed by atoms with Gasteiger partial charge < -0.3 is 4.42 Å². The predicted octanol–water partition coefficient (Wildman–Crippen LogP) is 3.79. The molecule has 9 heteroatoms. The second kappa shape index (κ2) is 10.4. The highest BCUT2D eigenvalue weighted by molar-refractivity contribution is 7.89. The van der Waals surface area contributed by atoms with Gasteiger partial charge in [-0.15, -0.1) is 0 Å². The van der Waals surface area contributed by atoms with Gasteiger partial charge in [0.05, 0.1) is 11.4 Å². The Hall–Kier alpha value is -3.79. The second-order valence-corrected chi connectivity index (χ2v) is 9.04. The monoisotopic (exact) mass is 477 g/mol. The number of oxazole rings is 1. The number of aromatic nitrogens is 1. The Labute approximate surface area is 197 Å². The van der Waals surface area contributed by atoms with Gasteiger partial charge in [0.15, 0.2) is 11.7 Å². The highest BCUT2D eigenvalue weighted by Gasteiger charge is 2.18. The van der Waals surface area contributed by atoms with Crippen molar-refractivity contribution in [2.45, 2.75) is 17.9 Å². The third-order valence-corrected chi connectivity index (χ3v) is 6.00. The number of rotatable bonds is 10. The van der Waals surface area contributed by atoms with E-state index in [1.807, 2.05) is 60.7 Å². The summed E-state index contributed by atoms with van der Waals surface area (Å²) in [4.78, 5) is 21.7. The minimum Gasteiger partial charge on any atom is -0.440 e. The Morgan fingerprint density at radius 3 is 2.18 bits per heavy atom.